The van der Waals surface area contributed by atoms with Crippen LogP contribution in [0.5, 0.6) is 0 Å². The van der Waals surface area contributed by atoms with Crippen LogP contribution < -0.4 is 21.3 Å². The number of carbonyl (C=O) groups excluding carboxylic acids is 2. The van der Waals surface area contributed by atoms with Gasteiger partial charge in [0.15, 0.2) is 0 Å². The summed E-state index contributed by atoms with van der Waals surface area (Å²) in [6, 6.07) is 6.87. The van der Waals surface area contributed by atoms with Crippen LogP contribution in [0.4, 0.5) is 11.4 Å². The molecule has 1 aromatic rings. The van der Waals surface area contributed by atoms with E-state index in [4.69, 9.17) is 10.5 Å². The lowest BCUT2D eigenvalue weighted by atomic mass is 10.2. The van der Waals surface area contributed by atoms with Crippen molar-refractivity contribution < 1.29 is 14.3 Å². The number of anilines is 2. The zero-order valence-corrected chi connectivity index (χ0v) is 14.4. The molecule has 1 aliphatic heterocycles. The maximum absolute atomic E-state index is 12.3. The van der Waals surface area contributed by atoms with E-state index in [0.29, 0.717) is 18.8 Å². The molecular formula is C18H26N4O3. The Bertz CT molecular complexity index is 601. The van der Waals surface area contributed by atoms with E-state index < -0.39 is 0 Å². The summed E-state index contributed by atoms with van der Waals surface area (Å²) in [5, 5.41) is 6.10. The number of rotatable bonds is 8. The van der Waals surface area contributed by atoms with Crippen molar-refractivity contribution in [1.82, 2.24) is 5.32 Å². The van der Waals surface area contributed by atoms with Crippen LogP contribution in [0.25, 0.3) is 0 Å². The lowest BCUT2D eigenvalue weighted by Crippen LogP contribution is -2.46. The number of hydrogen-bond donors (Lipinski definition) is 3. The predicted octanol–water partition coefficient (Wildman–Crippen LogP) is 0.705. The van der Waals surface area contributed by atoms with Crippen molar-refractivity contribution in [2.24, 2.45) is 11.7 Å². The minimum absolute atomic E-state index is 0.0499. The molecule has 1 saturated carbocycles. The minimum Gasteiger partial charge on any atom is -0.370 e. The lowest BCUT2D eigenvalue weighted by molar-refractivity contribution is -0.125. The Morgan fingerprint density at radius 3 is 2.72 bits per heavy atom. The van der Waals surface area contributed by atoms with E-state index >= 15 is 0 Å². The molecule has 2 aliphatic rings. The van der Waals surface area contributed by atoms with Gasteiger partial charge in [-0.25, -0.2) is 0 Å². The van der Waals surface area contributed by atoms with E-state index in [0.717, 1.165) is 24.6 Å². The van der Waals surface area contributed by atoms with E-state index in [-0.39, 0.29) is 31.0 Å². The minimum atomic E-state index is -0.390. The highest BCUT2D eigenvalue weighted by atomic mass is 16.5. The first-order valence-corrected chi connectivity index (χ1v) is 8.90. The Morgan fingerprint density at radius 2 is 2.08 bits per heavy atom. The van der Waals surface area contributed by atoms with Crippen molar-refractivity contribution in [3.05, 3.63) is 24.3 Å². The van der Waals surface area contributed by atoms with Crippen LogP contribution >= 0.6 is 0 Å². The van der Waals surface area contributed by atoms with Gasteiger partial charge in [-0.3, -0.25) is 9.59 Å². The predicted molar refractivity (Wildman–Crippen MR) is 96.4 cm³/mol. The normalized spacial score (nSPS) is 18.9. The van der Waals surface area contributed by atoms with Crippen molar-refractivity contribution in [2.75, 3.05) is 43.1 Å². The first kappa shape index (κ1) is 17.8. The number of morpholine rings is 1. The molecule has 0 radical (unpaired) electrons. The van der Waals surface area contributed by atoms with Gasteiger partial charge in [0, 0.05) is 24.5 Å². The molecule has 1 aromatic carbocycles. The smallest absolute Gasteiger partial charge is 0.253 e. The Balaban J connectivity index is 1.52. The quantitative estimate of drug-likeness (QED) is 0.644. The maximum Gasteiger partial charge on any atom is 0.253 e. The highest BCUT2D eigenvalue weighted by Crippen LogP contribution is 2.31. The fourth-order valence-electron chi connectivity index (χ4n) is 2.90. The topological polar surface area (TPSA) is 96.7 Å². The number of hydrogen-bond acceptors (Lipinski definition) is 5. The molecule has 7 nitrogen and oxygen atoms in total. The van der Waals surface area contributed by atoms with Gasteiger partial charge in [0.1, 0.15) is 6.61 Å². The van der Waals surface area contributed by atoms with Gasteiger partial charge in [0.05, 0.1) is 12.6 Å². The van der Waals surface area contributed by atoms with Crippen molar-refractivity contribution in [1.29, 1.82) is 0 Å². The number of nitrogens with one attached hydrogen (secondary N) is 2. The molecule has 2 fully saturated rings. The van der Waals surface area contributed by atoms with E-state index in [1.165, 1.54) is 12.8 Å². The molecule has 2 amide bonds. The number of carbonyl (C=O) groups is 2. The highest BCUT2D eigenvalue weighted by molar-refractivity contribution is 5.97. The molecule has 25 heavy (non-hydrogen) atoms. The summed E-state index contributed by atoms with van der Waals surface area (Å²) in [5.41, 5.74) is 7.22. The molecule has 136 valence electrons. The first-order valence-electron chi connectivity index (χ1n) is 8.90. The number of nitrogens with zero attached hydrogens (tertiary/aromatic N) is 1. The van der Waals surface area contributed by atoms with Crippen LogP contribution in [-0.2, 0) is 14.3 Å². The summed E-state index contributed by atoms with van der Waals surface area (Å²) in [6.07, 6.45) is 3.71. The molecule has 0 spiro atoms. The van der Waals surface area contributed by atoms with Crippen LogP contribution in [-0.4, -0.2) is 50.7 Å². The molecular weight excluding hydrogens is 320 g/mol. The lowest BCUT2D eigenvalue weighted by Gasteiger charge is -2.27. The molecule has 1 aliphatic carbocycles. The van der Waals surface area contributed by atoms with Crippen molar-refractivity contribution in [2.45, 2.75) is 25.3 Å². The largest absolute Gasteiger partial charge is 0.370 e. The SMILES string of the molecule is NC[C@H](NCCC1CC1)C(=O)Nc1ccc(N2CCOCC2=O)cc1. The van der Waals surface area contributed by atoms with Gasteiger partial charge in [-0.15, -0.1) is 0 Å². The van der Waals surface area contributed by atoms with Gasteiger partial charge in [-0.2, -0.15) is 0 Å². The van der Waals surface area contributed by atoms with Crippen molar-refractivity contribution in [3.8, 4) is 0 Å². The molecule has 0 aromatic heterocycles. The molecule has 1 saturated heterocycles. The molecule has 1 atom stereocenters. The van der Waals surface area contributed by atoms with E-state index in [2.05, 4.69) is 10.6 Å². The van der Waals surface area contributed by atoms with Crippen molar-refractivity contribution >= 4 is 23.2 Å². The van der Waals surface area contributed by atoms with E-state index in [9.17, 15) is 9.59 Å². The van der Waals surface area contributed by atoms with Gasteiger partial charge in [0.25, 0.3) is 5.91 Å². The van der Waals surface area contributed by atoms with E-state index in [1.54, 1.807) is 17.0 Å². The second-order valence-corrected chi connectivity index (χ2v) is 6.61. The van der Waals surface area contributed by atoms with Crippen LogP contribution in [0.3, 0.4) is 0 Å². The summed E-state index contributed by atoms with van der Waals surface area (Å²) in [5.74, 6) is 0.643. The van der Waals surface area contributed by atoms with Crippen molar-refractivity contribution in [3.63, 3.8) is 0 Å². The zero-order valence-electron chi connectivity index (χ0n) is 14.4. The Hall–Kier alpha value is -1.96. The Labute approximate surface area is 147 Å². The monoisotopic (exact) mass is 346 g/mol. The van der Waals surface area contributed by atoms with Gasteiger partial charge in [0.2, 0.25) is 5.91 Å². The third-order valence-corrected chi connectivity index (χ3v) is 4.62. The fourth-order valence-corrected chi connectivity index (χ4v) is 2.90. The average Bonchev–Trinajstić information content (AvgIpc) is 3.44. The van der Waals surface area contributed by atoms with Gasteiger partial charge in [-0.05, 0) is 43.1 Å². The first-order chi connectivity index (χ1) is 12.2. The van der Waals surface area contributed by atoms with Gasteiger partial charge >= 0.3 is 0 Å². The number of benzene rings is 1. The van der Waals surface area contributed by atoms with Gasteiger partial charge in [-0.1, -0.05) is 12.8 Å². The number of ether oxygens (including phenoxy) is 1. The summed E-state index contributed by atoms with van der Waals surface area (Å²) < 4.78 is 5.13. The molecule has 1 heterocycles. The van der Waals surface area contributed by atoms with Crippen LogP contribution in [0.1, 0.15) is 19.3 Å². The molecule has 7 heteroatoms. The molecule has 4 N–H and O–H groups in total. The number of amides is 2. The third-order valence-electron chi connectivity index (χ3n) is 4.62. The van der Waals surface area contributed by atoms with Crippen LogP contribution in [0.15, 0.2) is 24.3 Å². The van der Waals surface area contributed by atoms with E-state index in [1.807, 2.05) is 12.1 Å². The summed E-state index contributed by atoms with van der Waals surface area (Å²) >= 11 is 0. The number of nitrogens with two attached hydrogens (primary N) is 1. The standard InChI is InChI=1S/C18H26N4O3/c19-11-16(20-8-7-13-1-2-13)18(24)21-14-3-5-15(6-4-14)22-9-10-25-12-17(22)23/h3-6,13,16,20H,1-2,7-12,19H2,(H,21,24)/t16-/m0/s1. The summed E-state index contributed by atoms with van der Waals surface area (Å²) in [6.45, 7) is 2.28. The summed E-state index contributed by atoms with van der Waals surface area (Å²) in [7, 11) is 0. The van der Waals surface area contributed by atoms with Crippen LogP contribution in [0, 0.1) is 5.92 Å². The molecule has 3 rings (SSSR count). The average molecular weight is 346 g/mol. The zero-order chi connectivity index (χ0) is 17.6. The summed E-state index contributed by atoms with van der Waals surface area (Å²) in [4.78, 5) is 25.9. The molecule has 0 unspecified atom stereocenters. The maximum atomic E-state index is 12.3. The molecule has 0 bridgehead atoms. The Kier molecular flexibility index (Phi) is 6.01. The Morgan fingerprint density at radius 1 is 1.32 bits per heavy atom. The highest BCUT2D eigenvalue weighted by Gasteiger charge is 2.23. The van der Waals surface area contributed by atoms with Crippen LogP contribution in [0.2, 0.25) is 0 Å². The third kappa shape index (κ3) is 5.01. The van der Waals surface area contributed by atoms with Gasteiger partial charge < -0.3 is 26.0 Å². The second kappa shape index (κ2) is 8.42. The second-order valence-electron chi connectivity index (χ2n) is 6.61. The fraction of sp³-hybridized carbons (Fsp3) is 0.556.